The zero-order valence-corrected chi connectivity index (χ0v) is 13.0. The van der Waals surface area contributed by atoms with E-state index < -0.39 is 0 Å². The van der Waals surface area contributed by atoms with Crippen LogP contribution in [0.5, 0.6) is 0 Å². The zero-order chi connectivity index (χ0) is 13.1. The Hall–Kier alpha value is -0.360. The van der Waals surface area contributed by atoms with Crippen molar-refractivity contribution in [1.82, 2.24) is 0 Å². The summed E-state index contributed by atoms with van der Waals surface area (Å²) in [7, 11) is 0. The molecule has 1 nitrogen and oxygen atoms in total. The van der Waals surface area contributed by atoms with E-state index in [0.717, 1.165) is 8.66 Å². The number of benzene rings is 1. The van der Waals surface area contributed by atoms with Gasteiger partial charge in [-0.2, -0.15) is 0 Å². The molecule has 0 spiro atoms. The van der Waals surface area contributed by atoms with Gasteiger partial charge >= 0.3 is 0 Å². The van der Waals surface area contributed by atoms with Gasteiger partial charge in [-0.05, 0) is 47.1 Å². The molecule has 2 N–H and O–H groups in total. The highest BCUT2D eigenvalue weighted by Crippen LogP contribution is 2.41. The van der Waals surface area contributed by atoms with Crippen molar-refractivity contribution in [2.24, 2.45) is 5.73 Å². The average Bonchev–Trinajstić information content (AvgIpc) is 2.74. The fourth-order valence-electron chi connectivity index (χ4n) is 1.58. The maximum Gasteiger partial charge on any atom is 0.136 e. The molecule has 0 amide bonds. The first-order chi connectivity index (χ1) is 8.58. The average molecular weight is 346 g/mol. The standard InChI is InChI=1S/C13H13BrFNS2/c1-8(16)13(11-6-7-12(14)17-11)18-10-5-3-2-4-9(10)15/h2-8,13H,16H2,1H3. The Bertz CT molecular complexity index is 527. The summed E-state index contributed by atoms with van der Waals surface area (Å²) in [5, 5.41) is 0.0678. The molecule has 1 aromatic heterocycles. The largest absolute Gasteiger partial charge is 0.327 e. The lowest BCUT2D eigenvalue weighted by atomic mass is 10.2. The molecule has 2 atom stereocenters. The first-order valence-corrected chi connectivity index (χ1v) is 7.99. The molecule has 0 aliphatic rings. The maximum atomic E-state index is 13.7. The monoisotopic (exact) mass is 345 g/mol. The first kappa shape index (κ1) is 14.1. The predicted octanol–water partition coefficient (Wildman–Crippen LogP) is 4.83. The van der Waals surface area contributed by atoms with Crippen molar-refractivity contribution in [1.29, 1.82) is 0 Å². The van der Waals surface area contributed by atoms with Gasteiger partial charge in [0.25, 0.3) is 0 Å². The van der Waals surface area contributed by atoms with E-state index in [2.05, 4.69) is 15.9 Å². The van der Waals surface area contributed by atoms with Crippen LogP contribution in [0.3, 0.4) is 0 Å². The molecule has 0 aliphatic carbocycles. The lowest BCUT2D eigenvalue weighted by Gasteiger charge is -2.19. The van der Waals surface area contributed by atoms with Crippen LogP contribution in [0, 0.1) is 5.82 Å². The van der Waals surface area contributed by atoms with Crippen molar-refractivity contribution in [3.8, 4) is 0 Å². The Labute approximate surface area is 123 Å². The third-order valence-electron chi connectivity index (χ3n) is 2.44. The highest BCUT2D eigenvalue weighted by molar-refractivity contribution is 9.11. The Balaban J connectivity index is 2.25. The molecule has 18 heavy (non-hydrogen) atoms. The van der Waals surface area contributed by atoms with Crippen LogP contribution in [0.15, 0.2) is 45.1 Å². The van der Waals surface area contributed by atoms with Crippen LogP contribution in [0.2, 0.25) is 0 Å². The van der Waals surface area contributed by atoms with Crippen LogP contribution < -0.4 is 5.73 Å². The van der Waals surface area contributed by atoms with Gasteiger partial charge in [0.05, 0.1) is 9.04 Å². The van der Waals surface area contributed by atoms with Gasteiger partial charge in [-0.1, -0.05) is 12.1 Å². The van der Waals surface area contributed by atoms with E-state index in [0.29, 0.717) is 4.90 Å². The minimum atomic E-state index is -0.191. The van der Waals surface area contributed by atoms with Crippen molar-refractivity contribution >= 4 is 39.0 Å². The fourth-order valence-corrected chi connectivity index (χ4v) is 4.41. The number of thioether (sulfide) groups is 1. The SMILES string of the molecule is CC(N)C(Sc1ccccc1F)c1ccc(Br)s1. The molecular weight excluding hydrogens is 333 g/mol. The smallest absolute Gasteiger partial charge is 0.136 e. The quantitative estimate of drug-likeness (QED) is 0.803. The third-order valence-corrected chi connectivity index (χ3v) is 5.82. The zero-order valence-electron chi connectivity index (χ0n) is 9.77. The molecule has 0 saturated carbocycles. The third kappa shape index (κ3) is 3.35. The van der Waals surface area contributed by atoms with Gasteiger partial charge in [-0.25, -0.2) is 4.39 Å². The van der Waals surface area contributed by atoms with Gasteiger partial charge in [0.1, 0.15) is 5.82 Å². The number of halogens is 2. The van der Waals surface area contributed by atoms with Gasteiger partial charge in [0.2, 0.25) is 0 Å². The minimum Gasteiger partial charge on any atom is -0.327 e. The number of hydrogen-bond acceptors (Lipinski definition) is 3. The van der Waals surface area contributed by atoms with E-state index in [1.54, 1.807) is 23.5 Å². The molecule has 2 rings (SSSR count). The second-order valence-electron chi connectivity index (χ2n) is 3.97. The van der Waals surface area contributed by atoms with E-state index in [4.69, 9.17) is 5.73 Å². The summed E-state index contributed by atoms with van der Waals surface area (Å²) < 4.78 is 14.7. The fraction of sp³-hybridized carbons (Fsp3) is 0.231. The van der Waals surface area contributed by atoms with Gasteiger partial charge in [-0.3, -0.25) is 0 Å². The maximum absolute atomic E-state index is 13.7. The summed E-state index contributed by atoms with van der Waals surface area (Å²) in [5.74, 6) is -0.191. The molecular formula is C13H13BrFNS2. The number of hydrogen-bond donors (Lipinski definition) is 1. The van der Waals surface area contributed by atoms with E-state index in [9.17, 15) is 4.39 Å². The van der Waals surface area contributed by atoms with Crippen molar-refractivity contribution in [3.63, 3.8) is 0 Å². The van der Waals surface area contributed by atoms with E-state index in [-0.39, 0.29) is 17.1 Å². The van der Waals surface area contributed by atoms with E-state index in [1.807, 2.05) is 25.1 Å². The molecule has 0 aliphatic heterocycles. The number of thiophene rings is 1. The molecule has 2 unspecified atom stereocenters. The van der Waals surface area contributed by atoms with Crippen LogP contribution in [0.4, 0.5) is 4.39 Å². The Morgan fingerprint density at radius 3 is 2.56 bits per heavy atom. The second-order valence-corrected chi connectivity index (χ2v) is 7.65. The van der Waals surface area contributed by atoms with Gasteiger partial charge < -0.3 is 5.73 Å². The molecule has 0 radical (unpaired) electrons. The molecule has 96 valence electrons. The summed E-state index contributed by atoms with van der Waals surface area (Å²) >= 11 is 6.57. The highest BCUT2D eigenvalue weighted by Gasteiger charge is 2.20. The topological polar surface area (TPSA) is 26.0 Å². The van der Waals surface area contributed by atoms with Gasteiger partial charge in [-0.15, -0.1) is 23.1 Å². The van der Waals surface area contributed by atoms with Crippen molar-refractivity contribution in [3.05, 3.63) is 50.9 Å². The normalized spacial score (nSPS) is 14.4. The summed E-state index contributed by atoms with van der Waals surface area (Å²) in [6, 6.07) is 10.8. The number of nitrogens with two attached hydrogens (primary N) is 1. The van der Waals surface area contributed by atoms with Crippen LogP contribution in [0.1, 0.15) is 17.1 Å². The summed E-state index contributed by atoms with van der Waals surface area (Å²) in [5.41, 5.74) is 6.02. The van der Waals surface area contributed by atoms with Gasteiger partial charge in [0, 0.05) is 15.8 Å². The Morgan fingerprint density at radius 1 is 1.28 bits per heavy atom. The van der Waals surface area contributed by atoms with Crippen LogP contribution in [0.25, 0.3) is 0 Å². The molecule has 1 aromatic carbocycles. The lowest BCUT2D eigenvalue weighted by Crippen LogP contribution is -2.21. The van der Waals surface area contributed by atoms with E-state index in [1.165, 1.54) is 17.8 Å². The van der Waals surface area contributed by atoms with E-state index >= 15 is 0 Å². The number of rotatable bonds is 4. The molecule has 1 heterocycles. The van der Waals surface area contributed by atoms with Crippen LogP contribution in [-0.4, -0.2) is 6.04 Å². The predicted molar refractivity (Wildman–Crippen MR) is 80.7 cm³/mol. The van der Waals surface area contributed by atoms with Crippen LogP contribution in [-0.2, 0) is 0 Å². The molecule has 0 fully saturated rings. The summed E-state index contributed by atoms with van der Waals surface area (Å²) in [6.07, 6.45) is 0. The molecule has 0 saturated heterocycles. The summed E-state index contributed by atoms with van der Waals surface area (Å²) in [6.45, 7) is 1.95. The van der Waals surface area contributed by atoms with Crippen molar-refractivity contribution < 1.29 is 4.39 Å². The minimum absolute atomic E-state index is 0.0415. The summed E-state index contributed by atoms with van der Waals surface area (Å²) in [4.78, 5) is 1.80. The second kappa shape index (κ2) is 6.19. The molecule has 0 bridgehead atoms. The lowest BCUT2D eigenvalue weighted by molar-refractivity contribution is 0.600. The molecule has 5 heteroatoms. The molecule has 2 aromatic rings. The van der Waals surface area contributed by atoms with Crippen molar-refractivity contribution in [2.45, 2.75) is 23.1 Å². The van der Waals surface area contributed by atoms with Crippen molar-refractivity contribution in [2.75, 3.05) is 0 Å². The Kier molecular flexibility index (Phi) is 4.84. The van der Waals surface area contributed by atoms with Gasteiger partial charge in [0.15, 0.2) is 0 Å². The van der Waals surface area contributed by atoms with Crippen LogP contribution >= 0.6 is 39.0 Å². The Morgan fingerprint density at radius 2 is 2.00 bits per heavy atom. The first-order valence-electron chi connectivity index (χ1n) is 5.50. The highest BCUT2D eigenvalue weighted by atomic mass is 79.9.